The molecule has 0 fully saturated rings. The second-order valence-electron chi connectivity index (χ2n) is 6.95. The van der Waals surface area contributed by atoms with E-state index in [0.717, 1.165) is 55.7 Å². The third-order valence-corrected chi connectivity index (χ3v) is 6.07. The first kappa shape index (κ1) is 18.7. The van der Waals surface area contributed by atoms with E-state index in [1.807, 2.05) is 46.0 Å². The van der Waals surface area contributed by atoms with Crippen LogP contribution >= 0.6 is 11.3 Å². The second kappa shape index (κ2) is 7.39. The molecule has 1 aliphatic rings. The monoisotopic (exact) mass is 397 g/mol. The predicted octanol–water partition coefficient (Wildman–Crippen LogP) is 3.91. The first-order chi connectivity index (χ1) is 13.5. The van der Waals surface area contributed by atoms with Gasteiger partial charge in [-0.3, -0.25) is 4.79 Å². The van der Waals surface area contributed by atoms with Crippen LogP contribution in [0.1, 0.15) is 39.2 Å². The Morgan fingerprint density at radius 3 is 2.68 bits per heavy atom. The van der Waals surface area contributed by atoms with Gasteiger partial charge in [0.25, 0.3) is 5.91 Å². The minimum absolute atomic E-state index is 0.00663. The van der Waals surface area contributed by atoms with Gasteiger partial charge < -0.3 is 14.4 Å². The van der Waals surface area contributed by atoms with Gasteiger partial charge in [0.2, 0.25) is 0 Å². The van der Waals surface area contributed by atoms with Crippen molar-refractivity contribution in [3.05, 3.63) is 45.7 Å². The van der Waals surface area contributed by atoms with Gasteiger partial charge in [0.1, 0.15) is 23.9 Å². The number of ether oxygens (including phenoxy) is 2. The van der Waals surface area contributed by atoms with Crippen molar-refractivity contribution < 1.29 is 14.3 Å². The Hall–Kier alpha value is -2.67. The van der Waals surface area contributed by atoms with E-state index < -0.39 is 0 Å². The molecule has 2 aromatic heterocycles. The number of hydrogen-bond acceptors (Lipinski definition) is 6. The summed E-state index contributed by atoms with van der Waals surface area (Å²) in [7, 11) is 1.82. The Bertz CT molecular complexity index is 1060. The van der Waals surface area contributed by atoms with Crippen LogP contribution in [0, 0.1) is 13.8 Å². The zero-order valence-electron chi connectivity index (χ0n) is 16.5. The number of carbonyl (C=O) groups excluding carboxylic acids is 1. The lowest BCUT2D eigenvalue weighted by Crippen LogP contribution is -2.26. The van der Waals surface area contributed by atoms with E-state index in [1.54, 1.807) is 4.90 Å². The molecule has 0 atom stereocenters. The van der Waals surface area contributed by atoms with Gasteiger partial charge in [-0.2, -0.15) is 0 Å². The summed E-state index contributed by atoms with van der Waals surface area (Å²) in [4.78, 5) is 25.6. The molecule has 6 nitrogen and oxygen atoms in total. The minimum Gasteiger partial charge on any atom is -0.486 e. The molecule has 0 bridgehead atoms. The van der Waals surface area contributed by atoms with Crippen molar-refractivity contribution in [3.8, 4) is 11.5 Å². The number of carbonyl (C=O) groups is 1. The van der Waals surface area contributed by atoms with E-state index in [9.17, 15) is 4.79 Å². The second-order valence-corrected chi connectivity index (χ2v) is 7.95. The van der Waals surface area contributed by atoms with E-state index in [4.69, 9.17) is 9.47 Å². The first-order valence-corrected chi connectivity index (χ1v) is 10.2. The third kappa shape index (κ3) is 3.30. The van der Waals surface area contributed by atoms with E-state index in [-0.39, 0.29) is 5.91 Å². The summed E-state index contributed by atoms with van der Waals surface area (Å²) in [6.45, 7) is 7.61. The molecular weight excluding hydrogens is 374 g/mol. The summed E-state index contributed by atoms with van der Waals surface area (Å²) in [5.41, 5.74) is 2.89. The maximum atomic E-state index is 13.1. The molecule has 7 heteroatoms. The third-order valence-electron chi connectivity index (χ3n) is 4.90. The van der Waals surface area contributed by atoms with Crippen LogP contribution in [0.15, 0.2) is 18.2 Å². The molecule has 146 valence electrons. The molecule has 28 heavy (non-hydrogen) atoms. The van der Waals surface area contributed by atoms with E-state index in [2.05, 4.69) is 9.97 Å². The van der Waals surface area contributed by atoms with Crippen molar-refractivity contribution in [3.63, 3.8) is 0 Å². The normalized spacial score (nSPS) is 13.0. The highest BCUT2D eigenvalue weighted by atomic mass is 32.1. The van der Waals surface area contributed by atoms with Gasteiger partial charge in [-0.1, -0.05) is 13.0 Å². The maximum Gasteiger partial charge on any atom is 0.264 e. The quantitative estimate of drug-likeness (QED) is 0.668. The lowest BCUT2D eigenvalue weighted by molar-refractivity contribution is 0.0789. The van der Waals surface area contributed by atoms with Gasteiger partial charge >= 0.3 is 0 Å². The number of hydrogen-bond donors (Lipinski definition) is 0. The van der Waals surface area contributed by atoms with Crippen LogP contribution in [0.4, 0.5) is 0 Å². The summed E-state index contributed by atoms with van der Waals surface area (Å²) in [6.07, 6.45) is 0.779. The number of aryl methyl sites for hydroxylation is 3. The van der Waals surface area contributed by atoms with Gasteiger partial charge in [0.15, 0.2) is 11.5 Å². The summed E-state index contributed by atoms with van der Waals surface area (Å²) < 4.78 is 11.2. The van der Waals surface area contributed by atoms with Crippen molar-refractivity contribution in [1.82, 2.24) is 14.9 Å². The fourth-order valence-corrected chi connectivity index (χ4v) is 4.71. The van der Waals surface area contributed by atoms with Crippen molar-refractivity contribution in [1.29, 1.82) is 0 Å². The molecule has 1 amide bonds. The smallest absolute Gasteiger partial charge is 0.264 e. The first-order valence-electron chi connectivity index (χ1n) is 9.38. The van der Waals surface area contributed by atoms with E-state index >= 15 is 0 Å². The van der Waals surface area contributed by atoms with Crippen LogP contribution in [-0.4, -0.2) is 41.0 Å². The molecule has 0 saturated heterocycles. The molecule has 0 spiro atoms. The molecule has 0 radical (unpaired) electrons. The molecule has 1 aromatic carbocycles. The molecule has 0 N–H and O–H groups in total. The van der Waals surface area contributed by atoms with Crippen LogP contribution in [0.5, 0.6) is 11.5 Å². The number of aromatic nitrogens is 2. The maximum absolute atomic E-state index is 13.1. The zero-order chi connectivity index (χ0) is 19.8. The Morgan fingerprint density at radius 2 is 1.93 bits per heavy atom. The fourth-order valence-electron chi connectivity index (χ4n) is 3.46. The Labute approximate surface area is 168 Å². The topological polar surface area (TPSA) is 64.6 Å². The summed E-state index contributed by atoms with van der Waals surface area (Å²) in [6, 6.07) is 5.81. The number of nitrogens with zero attached hydrogens (tertiary/aromatic N) is 3. The van der Waals surface area contributed by atoms with Crippen LogP contribution in [-0.2, 0) is 13.0 Å². The molecule has 0 aliphatic carbocycles. The number of amides is 1. The van der Waals surface area contributed by atoms with Crippen molar-refractivity contribution in [2.75, 3.05) is 20.3 Å². The number of thiophene rings is 1. The summed E-state index contributed by atoms with van der Waals surface area (Å²) in [5, 5.41) is 0.998. The Kier molecular flexibility index (Phi) is 4.93. The van der Waals surface area contributed by atoms with Crippen molar-refractivity contribution in [2.45, 2.75) is 33.7 Å². The summed E-state index contributed by atoms with van der Waals surface area (Å²) >= 11 is 1.45. The van der Waals surface area contributed by atoms with Crippen LogP contribution in [0.2, 0.25) is 0 Å². The lowest BCUT2D eigenvalue weighted by Gasteiger charge is -2.21. The SMILES string of the molecule is CCc1nc(C)c2c(C)c(C(=O)N(C)Cc3ccc4c(c3)OCCO4)sc2n1. The number of rotatable bonds is 4. The molecule has 3 aromatic rings. The van der Waals surface area contributed by atoms with Crippen LogP contribution < -0.4 is 9.47 Å². The van der Waals surface area contributed by atoms with Gasteiger partial charge in [-0.05, 0) is 37.1 Å². The van der Waals surface area contributed by atoms with Gasteiger partial charge in [0.05, 0.1) is 4.88 Å². The predicted molar refractivity (Wildman–Crippen MR) is 109 cm³/mol. The largest absolute Gasteiger partial charge is 0.486 e. The molecule has 3 heterocycles. The standard InChI is InChI=1S/C21H23N3O3S/c1-5-17-22-13(3)18-12(2)19(28-20(18)23-17)21(25)24(4)11-14-6-7-15-16(10-14)27-9-8-26-15/h6-7,10H,5,8-9,11H2,1-4H3. The Balaban J connectivity index is 1.60. The molecular formula is C21H23N3O3S. The fraction of sp³-hybridized carbons (Fsp3) is 0.381. The van der Waals surface area contributed by atoms with E-state index in [0.29, 0.717) is 19.8 Å². The average Bonchev–Trinajstić information content (AvgIpc) is 3.04. The number of benzene rings is 1. The van der Waals surface area contributed by atoms with Crippen molar-refractivity contribution >= 4 is 27.5 Å². The molecule has 1 aliphatic heterocycles. The molecule has 0 saturated carbocycles. The lowest BCUT2D eigenvalue weighted by atomic mass is 10.1. The molecule has 0 unspecified atom stereocenters. The van der Waals surface area contributed by atoms with Crippen LogP contribution in [0.3, 0.4) is 0 Å². The highest BCUT2D eigenvalue weighted by Crippen LogP contribution is 2.33. The van der Waals surface area contributed by atoms with Gasteiger partial charge in [-0.25, -0.2) is 9.97 Å². The molecule has 4 rings (SSSR count). The highest BCUT2D eigenvalue weighted by Gasteiger charge is 2.22. The van der Waals surface area contributed by atoms with Gasteiger partial charge in [-0.15, -0.1) is 11.3 Å². The summed E-state index contributed by atoms with van der Waals surface area (Å²) in [5.74, 6) is 2.30. The minimum atomic E-state index is -0.00663. The number of fused-ring (bicyclic) bond motifs is 2. The van der Waals surface area contributed by atoms with Gasteiger partial charge in [0, 0.05) is 31.1 Å². The highest BCUT2D eigenvalue weighted by molar-refractivity contribution is 7.20. The average molecular weight is 398 g/mol. The van der Waals surface area contributed by atoms with Crippen molar-refractivity contribution in [2.24, 2.45) is 0 Å². The van der Waals surface area contributed by atoms with Crippen LogP contribution in [0.25, 0.3) is 10.2 Å². The zero-order valence-corrected chi connectivity index (χ0v) is 17.4. The Morgan fingerprint density at radius 1 is 1.18 bits per heavy atom. The van der Waals surface area contributed by atoms with E-state index in [1.165, 1.54) is 11.3 Å².